The summed E-state index contributed by atoms with van der Waals surface area (Å²) >= 11 is 7.57. The Bertz CT molecular complexity index is 901. The van der Waals surface area contributed by atoms with E-state index < -0.39 is 11.0 Å². The Balaban J connectivity index is 1.62. The van der Waals surface area contributed by atoms with Crippen LogP contribution in [0.3, 0.4) is 0 Å². The highest BCUT2D eigenvalue weighted by molar-refractivity contribution is 7.98. The highest BCUT2D eigenvalue weighted by Gasteiger charge is 2.40. The van der Waals surface area contributed by atoms with Crippen LogP contribution in [0.2, 0.25) is 5.02 Å². The number of hydrogen-bond donors (Lipinski definition) is 1. The van der Waals surface area contributed by atoms with Gasteiger partial charge in [-0.3, -0.25) is 9.59 Å². The lowest BCUT2D eigenvalue weighted by atomic mass is 9.81. The summed E-state index contributed by atoms with van der Waals surface area (Å²) < 4.78 is 0. The van der Waals surface area contributed by atoms with Crippen molar-refractivity contribution in [2.24, 2.45) is 5.41 Å². The van der Waals surface area contributed by atoms with E-state index in [-0.39, 0.29) is 18.1 Å². The van der Waals surface area contributed by atoms with Gasteiger partial charge in [-0.15, -0.1) is 11.8 Å². The molecule has 1 fully saturated rings. The molecular weight excluding hydrogens is 418 g/mol. The van der Waals surface area contributed by atoms with Crippen LogP contribution in [0.25, 0.3) is 0 Å². The molecule has 2 aromatic carbocycles. The molecule has 1 saturated heterocycles. The van der Waals surface area contributed by atoms with Crippen molar-refractivity contribution < 1.29 is 14.7 Å². The van der Waals surface area contributed by atoms with Crippen LogP contribution in [-0.2, 0) is 10.4 Å². The first-order chi connectivity index (χ1) is 14.1. The first kappa shape index (κ1) is 22.9. The van der Waals surface area contributed by atoms with Crippen LogP contribution in [0.5, 0.6) is 0 Å². The molecular formula is C24H28ClNO3S. The largest absolute Gasteiger partial charge is 0.385 e. The number of ketones is 1. The van der Waals surface area contributed by atoms with Gasteiger partial charge in [0, 0.05) is 35.0 Å². The molecule has 0 atom stereocenters. The average Bonchev–Trinajstić information content (AvgIpc) is 2.74. The molecule has 2 aromatic rings. The summed E-state index contributed by atoms with van der Waals surface area (Å²) in [5, 5.41) is 11.7. The second kappa shape index (κ2) is 9.13. The molecule has 0 saturated carbocycles. The number of amides is 1. The molecule has 0 bridgehead atoms. The zero-order valence-electron chi connectivity index (χ0n) is 17.7. The van der Waals surface area contributed by atoms with Crippen LogP contribution in [0.1, 0.15) is 49.0 Å². The zero-order chi connectivity index (χ0) is 21.9. The average molecular weight is 446 g/mol. The normalized spacial score (nSPS) is 16.4. The molecule has 3 rings (SSSR count). The predicted molar refractivity (Wildman–Crippen MR) is 122 cm³/mol. The minimum Gasteiger partial charge on any atom is -0.385 e. The number of aliphatic hydroxyl groups is 1. The fraction of sp³-hybridized carbons (Fsp3) is 0.417. The SMILES string of the molecule is CSc1ccc(C(=O)CC(C)(C)C(=O)N2CCC(O)(c3ccc(Cl)cc3)CC2)cc1. The number of nitrogens with zero attached hydrogens (tertiary/aromatic N) is 1. The molecule has 1 amide bonds. The third-order valence-electron chi connectivity index (χ3n) is 5.85. The Morgan fingerprint density at radius 1 is 1.07 bits per heavy atom. The monoisotopic (exact) mass is 445 g/mol. The van der Waals surface area contributed by atoms with E-state index in [2.05, 4.69) is 0 Å². The maximum atomic E-state index is 13.2. The second-order valence-electron chi connectivity index (χ2n) is 8.54. The maximum Gasteiger partial charge on any atom is 0.228 e. The highest BCUT2D eigenvalue weighted by atomic mass is 35.5. The lowest BCUT2D eigenvalue weighted by Gasteiger charge is -2.41. The zero-order valence-corrected chi connectivity index (χ0v) is 19.2. The van der Waals surface area contributed by atoms with Crippen molar-refractivity contribution in [3.63, 3.8) is 0 Å². The molecule has 0 spiro atoms. The number of Topliss-reactive ketones (excluding diaryl/α,β-unsaturated/α-hetero) is 1. The van der Waals surface area contributed by atoms with Crippen LogP contribution in [0, 0.1) is 5.41 Å². The third kappa shape index (κ3) is 5.08. The van der Waals surface area contributed by atoms with Gasteiger partial charge in [-0.1, -0.05) is 49.7 Å². The molecule has 30 heavy (non-hydrogen) atoms. The van der Waals surface area contributed by atoms with Crippen molar-refractivity contribution in [3.8, 4) is 0 Å². The van der Waals surface area contributed by atoms with Crippen molar-refractivity contribution in [1.82, 2.24) is 4.90 Å². The summed E-state index contributed by atoms with van der Waals surface area (Å²) in [6, 6.07) is 14.7. The molecule has 6 heteroatoms. The lowest BCUT2D eigenvalue weighted by molar-refractivity contribution is -0.144. The first-order valence-electron chi connectivity index (χ1n) is 10.1. The summed E-state index contributed by atoms with van der Waals surface area (Å²) in [6.07, 6.45) is 3.06. The van der Waals surface area contributed by atoms with Gasteiger partial charge in [0.15, 0.2) is 5.78 Å². The molecule has 1 aliphatic heterocycles. The van der Waals surface area contributed by atoms with E-state index >= 15 is 0 Å². The van der Waals surface area contributed by atoms with Crippen LogP contribution < -0.4 is 0 Å². The molecule has 160 valence electrons. The van der Waals surface area contributed by atoms with Crippen LogP contribution in [-0.4, -0.2) is 41.0 Å². The maximum absolute atomic E-state index is 13.2. The standard InChI is InChI=1S/C24H28ClNO3S/c1-23(2,16-21(27)17-4-10-20(30-3)11-5-17)22(28)26-14-12-24(29,13-15-26)18-6-8-19(25)9-7-18/h4-11,29H,12-16H2,1-3H3. The topological polar surface area (TPSA) is 57.6 Å². The molecule has 0 aromatic heterocycles. The smallest absolute Gasteiger partial charge is 0.228 e. The van der Waals surface area contributed by atoms with E-state index in [0.29, 0.717) is 36.5 Å². The lowest BCUT2D eigenvalue weighted by Crippen LogP contribution is -2.49. The molecule has 1 heterocycles. The first-order valence-corrected chi connectivity index (χ1v) is 11.7. The third-order valence-corrected chi connectivity index (χ3v) is 6.85. The van der Waals surface area contributed by atoms with Crippen LogP contribution in [0.15, 0.2) is 53.4 Å². The fourth-order valence-corrected chi connectivity index (χ4v) is 4.45. The van der Waals surface area contributed by atoms with Gasteiger partial charge in [-0.05, 0) is 48.9 Å². The number of piperidine rings is 1. The minimum absolute atomic E-state index is 0.0318. The van der Waals surface area contributed by atoms with Gasteiger partial charge in [0.05, 0.1) is 11.0 Å². The quantitative estimate of drug-likeness (QED) is 0.492. The summed E-state index contributed by atoms with van der Waals surface area (Å²) in [4.78, 5) is 28.8. The number of carbonyl (C=O) groups excluding carboxylic acids is 2. The Morgan fingerprint density at radius 3 is 2.17 bits per heavy atom. The van der Waals surface area contributed by atoms with Gasteiger partial charge >= 0.3 is 0 Å². The number of rotatable bonds is 6. The Labute approximate surface area is 187 Å². The van der Waals surface area contributed by atoms with Crippen molar-refractivity contribution in [2.45, 2.75) is 43.6 Å². The number of carbonyl (C=O) groups is 2. The van der Waals surface area contributed by atoms with Crippen molar-refractivity contribution in [3.05, 3.63) is 64.7 Å². The molecule has 1 aliphatic rings. The second-order valence-corrected chi connectivity index (χ2v) is 9.86. The number of thioether (sulfide) groups is 1. The summed E-state index contributed by atoms with van der Waals surface area (Å²) in [5.41, 5.74) is -0.308. The number of benzene rings is 2. The van der Waals surface area contributed by atoms with E-state index in [0.717, 1.165) is 10.5 Å². The number of likely N-dealkylation sites (tertiary alicyclic amines) is 1. The molecule has 4 nitrogen and oxygen atoms in total. The Morgan fingerprint density at radius 2 is 1.63 bits per heavy atom. The van der Waals surface area contributed by atoms with E-state index in [1.54, 1.807) is 28.8 Å². The summed E-state index contributed by atoms with van der Waals surface area (Å²) in [7, 11) is 0. The predicted octanol–water partition coefficient (Wildman–Crippen LogP) is 5.17. The van der Waals surface area contributed by atoms with Crippen molar-refractivity contribution in [2.75, 3.05) is 19.3 Å². The minimum atomic E-state index is -0.958. The van der Waals surface area contributed by atoms with E-state index in [9.17, 15) is 14.7 Å². The van der Waals surface area contributed by atoms with Gasteiger partial charge in [0.25, 0.3) is 0 Å². The van der Waals surface area contributed by atoms with Gasteiger partial charge in [-0.25, -0.2) is 0 Å². The van der Waals surface area contributed by atoms with E-state index in [1.807, 2.05) is 56.5 Å². The Kier molecular flexibility index (Phi) is 6.95. The fourth-order valence-electron chi connectivity index (χ4n) is 3.91. The van der Waals surface area contributed by atoms with Gasteiger partial charge in [-0.2, -0.15) is 0 Å². The van der Waals surface area contributed by atoms with Crippen molar-refractivity contribution in [1.29, 1.82) is 0 Å². The summed E-state index contributed by atoms with van der Waals surface area (Å²) in [5.74, 6) is -0.0783. The van der Waals surface area contributed by atoms with Gasteiger partial charge in [0.1, 0.15) is 0 Å². The molecule has 0 unspecified atom stereocenters. The van der Waals surface area contributed by atoms with Crippen LogP contribution in [0.4, 0.5) is 0 Å². The molecule has 0 radical (unpaired) electrons. The Hall–Kier alpha value is -1.82. The molecule has 1 N–H and O–H groups in total. The van der Waals surface area contributed by atoms with Gasteiger partial charge < -0.3 is 10.0 Å². The van der Waals surface area contributed by atoms with Crippen molar-refractivity contribution >= 4 is 35.1 Å². The van der Waals surface area contributed by atoms with Crippen LogP contribution >= 0.6 is 23.4 Å². The van der Waals surface area contributed by atoms with Gasteiger partial charge in [0.2, 0.25) is 5.91 Å². The highest BCUT2D eigenvalue weighted by Crippen LogP contribution is 2.35. The number of hydrogen-bond acceptors (Lipinski definition) is 4. The van der Waals surface area contributed by atoms with E-state index in [1.165, 1.54) is 0 Å². The van der Waals surface area contributed by atoms with E-state index in [4.69, 9.17) is 11.6 Å². The molecule has 0 aliphatic carbocycles. The summed E-state index contributed by atoms with van der Waals surface area (Å²) in [6.45, 7) is 4.56. The number of halogens is 1.